The van der Waals surface area contributed by atoms with Crippen molar-refractivity contribution < 1.29 is 14.0 Å². The van der Waals surface area contributed by atoms with Crippen molar-refractivity contribution in [2.24, 2.45) is 0 Å². The van der Waals surface area contributed by atoms with Crippen LogP contribution in [-0.4, -0.2) is 52.8 Å². The lowest BCUT2D eigenvalue weighted by Gasteiger charge is -2.34. The van der Waals surface area contributed by atoms with Crippen molar-refractivity contribution >= 4 is 11.8 Å². The van der Waals surface area contributed by atoms with Gasteiger partial charge >= 0.3 is 0 Å². The van der Waals surface area contributed by atoms with E-state index in [0.29, 0.717) is 38.4 Å². The molecule has 0 bridgehead atoms. The molecule has 0 spiro atoms. The molecule has 0 aliphatic carbocycles. The van der Waals surface area contributed by atoms with Crippen LogP contribution in [0.15, 0.2) is 41.1 Å². The lowest BCUT2D eigenvalue weighted by Crippen LogP contribution is -2.50. The minimum atomic E-state index is -0.108. The van der Waals surface area contributed by atoms with E-state index in [4.69, 9.17) is 4.42 Å². The first-order valence-electron chi connectivity index (χ1n) is 7.47. The van der Waals surface area contributed by atoms with E-state index in [2.05, 4.69) is 4.98 Å². The second kappa shape index (κ2) is 6.51. The molecule has 1 fully saturated rings. The number of aromatic amines is 1. The molecule has 0 radical (unpaired) electrons. The number of amides is 2. The van der Waals surface area contributed by atoms with Crippen molar-refractivity contribution in [3.8, 4) is 0 Å². The Labute approximate surface area is 128 Å². The highest BCUT2D eigenvalue weighted by molar-refractivity contribution is 5.91. The molecular formula is C16H19N3O3. The van der Waals surface area contributed by atoms with E-state index in [1.54, 1.807) is 17.0 Å². The van der Waals surface area contributed by atoms with Crippen LogP contribution in [0.25, 0.3) is 0 Å². The monoisotopic (exact) mass is 301 g/mol. The largest absolute Gasteiger partial charge is 0.459 e. The zero-order chi connectivity index (χ0) is 15.4. The Kier molecular flexibility index (Phi) is 4.27. The van der Waals surface area contributed by atoms with Crippen LogP contribution in [0.3, 0.4) is 0 Å². The number of furan rings is 1. The Hall–Kier alpha value is -2.50. The maximum atomic E-state index is 12.2. The van der Waals surface area contributed by atoms with E-state index >= 15 is 0 Å². The fourth-order valence-electron chi connectivity index (χ4n) is 2.64. The molecule has 0 atom stereocenters. The molecule has 0 unspecified atom stereocenters. The highest BCUT2D eigenvalue weighted by Gasteiger charge is 2.25. The summed E-state index contributed by atoms with van der Waals surface area (Å²) in [6.07, 6.45) is 4.57. The molecule has 0 aromatic carbocycles. The van der Waals surface area contributed by atoms with Crippen molar-refractivity contribution in [3.63, 3.8) is 0 Å². The standard InChI is InChI=1S/C16H19N3O3/c20-15(6-5-13-3-1-7-17-13)18-8-10-19(11-9-18)16(21)14-4-2-12-22-14/h1-4,7,12,17H,5-6,8-11H2. The molecule has 1 saturated heterocycles. The van der Waals surface area contributed by atoms with Crippen molar-refractivity contribution in [3.05, 3.63) is 48.2 Å². The number of rotatable bonds is 4. The quantitative estimate of drug-likeness (QED) is 0.931. The summed E-state index contributed by atoms with van der Waals surface area (Å²) in [5, 5.41) is 0. The van der Waals surface area contributed by atoms with Gasteiger partial charge in [-0.25, -0.2) is 0 Å². The normalized spacial score (nSPS) is 15.1. The van der Waals surface area contributed by atoms with Crippen LogP contribution in [0.2, 0.25) is 0 Å². The van der Waals surface area contributed by atoms with Gasteiger partial charge in [-0.3, -0.25) is 9.59 Å². The number of aryl methyl sites for hydroxylation is 1. The fourth-order valence-corrected chi connectivity index (χ4v) is 2.64. The molecule has 116 valence electrons. The summed E-state index contributed by atoms with van der Waals surface area (Å²) in [5.74, 6) is 0.384. The molecule has 3 heterocycles. The lowest BCUT2D eigenvalue weighted by molar-refractivity contribution is -0.132. The molecule has 22 heavy (non-hydrogen) atoms. The lowest BCUT2D eigenvalue weighted by atomic mass is 10.2. The highest BCUT2D eigenvalue weighted by atomic mass is 16.3. The fraction of sp³-hybridized carbons (Fsp3) is 0.375. The van der Waals surface area contributed by atoms with Gasteiger partial charge in [0, 0.05) is 44.5 Å². The number of H-pyrrole nitrogens is 1. The van der Waals surface area contributed by atoms with Crippen molar-refractivity contribution in [2.45, 2.75) is 12.8 Å². The van der Waals surface area contributed by atoms with E-state index < -0.39 is 0 Å². The summed E-state index contributed by atoms with van der Waals surface area (Å²) in [6, 6.07) is 7.27. The number of piperazine rings is 1. The van der Waals surface area contributed by atoms with Crippen LogP contribution in [0.5, 0.6) is 0 Å². The molecule has 1 N–H and O–H groups in total. The van der Waals surface area contributed by atoms with Gasteiger partial charge in [0.15, 0.2) is 5.76 Å². The average molecular weight is 301 g/mol. The van der Waals surface area contributed by atoms with Gasteiger partial charge in [-0.15, -0.1) is 0 Å². The Balaban J connectivity index is 1.47. The number of nitrogens with zero attached hydrogens (tertiary/aromatic N) is 2. The van der Waals surface area contributed by atoms with Crippen molar-refractivity contribution in [2.75, 3.05) is 26.2 Å². The number of hydrogen-bond acceptors (Lipinski definition) is 3. The van der Waals surface area contributed by atoms with Gasteiger partial charge in [0.05, 0.1) is 6.26 Å². The third kappa shape index (κ3) is 3.21. The predicted molar refractivity (Wildman–Crippen MR) is 80.3 cm³/mol. The summed E-state index contributed by atoms with van der Waals surface area (Å²) < 4.78 is 5.13. The molecule has 2 aromatic rings. The Bertz CT molecular complexity index is 611. The number of hydrogen-bond donors (Lipinski definition) is 1. The first-order valence-corrected chi connectivity index (χ1v) is 7.47. The second-order valence-corrected chi connectivity index (χ2v) is 5.35. The van der Waals surface area contributed by atoms with E-state index in [1.165, 1.54) is 6.26 Å². The molecule has 1 aliphatic rings. The Morgan fingerprint density at radius 2 is 1.86 bits per heavy atom. The maximum absolute atomic E-state index is 12.2. The van der Waals surface area contributed by atoms with Crippen LogP contribution in [0, 0.1) is 0 Å². The number of nitrogens with one attached hydrogen (secondary N) is 1. The first-order chi connectivity index (χ1) is 10.7. The van der Waals surface area contributed by atoms with Gasteiger partial charge in [0.2, 0.25) is 5.91 Å². The summed E-state index contributed by atoms with van der Waals surface area (Å²) in [6.45, 7) is 2.26. The van der Waals surface area contributed by atoms with Crippen LogP contribution in [-0.2, 0) is 11.2 Å². The Morgan fingerprint density at radius 1 is 1.09 bits per heavy atom. The third-order valence-electron chi connectivity index (χ3n) is 3.92. The van der Waals surface area contributed by atoms with Gasteiger partial charge < -0.3 is 19.2 Å². The molecule has 1 aliphatic heterocycles. The number of carbonyl (C=O) groups excluding carboxylic acids is 2. The van der Waals surface area contributed by atoms with Gasteiger partial charge in [0.25, 0.3) is 5.91 Å². The van der Waals surface area contributed by atoms with Crippen LogP contribution < -0.4 is 0 Å². The smallest absolute Gasteiger partial charge is 0.289 e. The average Bonchev–Trinajstić information content (AvgIpc) is 3.25. The molecule has 6 nitrogen and oxygen atoms in total. The zero-order valence-electron chi connectivity index (χ0n) is 12.3. The highest BCUT2D eigenvalue weighted by Crippen LogP contribution is 2.11. The van der Waals surface area contributed by atoms with E-state index in [0.717, 1.165) is 12.1 Å². The number of aromatic nitrogens is 1. The van der Waals surface area contributed by atoms with Gasteiger partial charge in [-0.1, -0.05) is 0 Å². The van der Waals surface area contributed by atoms with Crippen LogP contribution >= 0.6 is 0 Å². The topological polar surface area (TPSA) is 69.6 Å². The van der Waals surface area contributed by atoms with E-state index in [1.807, 2.05) is 23.2 Å². The first kappa shape index (κ1) is 14.4. The molecule has 6 heteroatoms. The minimum absolute atomic E-state index is 0.108. The third-order valence-corrected chi connectivity index (χ3v) is 3.92. The molecule has 2 aromatic heterocycles. The molecular weight excluding hydrogens is 282 g/mol. The van der Waals surface area contributed by atoms with Gasteiger partial charge in [-0.05, 0) is 30.7 Å². The number of carbonyl (C=O) groups is 2. The van der Waals surface area contributed by atoms with E-state index in [9.17, 15) is 9.59 Å². The minimum Gasteiger partial charge on any atom is -0.459 e. The van der Waals surface area contributed by atoms with Gasteiger partial charge in [0.1, 0.15) is 0 Å². The van der Waals surface area contributed by atoms with E-state index in [-0.39, 0.29) is 11.8 Å². The predicted octanol–water partition coefficient (Wildman–Crippen LogP) is 1.52. The molecule has 3 rings (SSSR count). The second-order valence-electron chi connectivity index (χ2n) is 5.35. The van der Waals surface area contributed by atoms with Crippen LogP contribution in [0.1, 0.15) is 22.7 Å². The van der Waals surface area contributed by atoms with Crippen molar-refractivity contribution in [1.29, 1.82) is 0 Å². The summed E-state index contributed by atoms with van der Waals surface area (Å²) in [5.41, 5.74) is 1.07. The molecule has 0 saturated carbocycles. The maximum Gasteiger partial charge on any atom is 0.289 e. The summed E-state index contributed by atoms with van der Waals surface area (Å²) in [4.78, 5) is 31.0. The zero-order valence-corrected chi connectivity index (χ0v) is 12.3. The Morgan fingerprint density at radius 3 is 2.50 bits per heavy atom. The molecule has 2 amide bonds. The van der Waals surface area contributed by atoms with Crippen LogP contribution in [0.4, 0.5) is 0 Å². The van der Waals surface area contributed by atoms with Gasteiger partial charge in [-0.2, -0.15) is 0 Å². The summed E-state index contributed by atoms with van der Waals surface area (Å²) >= 11 is 0. The SMILES string of the molecule is O=C(CCc1ccc[nH]1)N1CCN(C(=O)c2ccco2)CC1. The van der Waals surface area contributed by atoms with Crippen molar-refractivity contribution in [1.82, 2.24) is 14.8 Å². The summed E-state index contributed by atoms with van der Waals surface area (Å²) in [7, 11) is 0.